The highest BCUT2D eigenvalue weighted by Gasteiger charge is 2.22. The second-order valence-corrected chi connectivity index (χ2v) is 4.86. The number of nitrogens with zero attached hydrogens (tertiary/aromatic N) is 1. The van der Waals surface area contributed by atoms with Gasteiger partial charge in [0.25, 0.3) is 0 Å². The molecule has 0 spiro atoms. The third-order valence-corrected chi connectivity index (χ3v) is 3.39. The molecule has 1 aliphatic heterocycles. The molecule has 0 radical (unpaired) electrons. The van der Waals surface area contributed by atoms with Crippen molar-refractivity contribution in [1.29, 1.82) is 5.26 Å². The molecule has 1 atom stereocenters. The van der Waals surface area contributed by atoms with Crippen LogP contribution >= 0.6 is 11.8 Å². The Morgan fingerprint density at radius 3 is 3.07 bits per heavy atom. The molecule has 0 N–H and O–H groups in total. The summed E-state index contributed by atoms with van der Waals surface area (Å²) in [4.78, 5) is 12.6. The SMILES string of the molecule is CC1CC(=O)c2cc(C#N)ccc2S1. The van der Waals surface area contributed by atoms with Crippen LogP contribution < -0.4 is 0 Å². The van der Waals surface area contributed by atoms with Crippen LogP contribution in [0.5, 0.6) is 0 Å². The summed E-state index contributed by atoms with van der Waals surface area (Å²) in [5, 5.41) is 9.06. The van der Waals surface area contributed by atoms with Gasteiger partial charge in [-0.05, 0) is 18.2 Å². The van der Waals surface area contributed by atoms with E-state index >= 15 is 0 Å². The van der Waals surface area contributed by atoms with E-state index in [0.29, 0.717) is 22.8 Å². The lowest BCUT2D eigenvalue weighted by atomic mass is 10.0. The molecule has 1 aromatic rings. The highest BCUT2D eigenvalue weighted by Crippen LogP contribution is 2.35. The predicted octanol–water partition coefficient (Wildman–Crippen LogP) is 2.63. The molecule has 1 heterocycles. The maximum Gasteiger partial charge on any atom is 0.165 e. The second-order valence-electron chi connectivity index (χ2n) is 3.38. The van der Waals surface area contributed by atoms with Crippen LogP contribution in [0.2, 0.25) is 0 Å². The van der Waals surface area contributed by atoms with Crippen molar-refractivity contribution in [2.45, 2.75) is 23.5 Å². The number of nitriles is 1. The van der Waals surface area contributed by atoms with Crippen LogP contribution in [0.1, 0.15) is 29.3 Å². The van der Waals surface area contributed by atoms with Crippen molar-refractivity contribution >= 4 is 17.5 Å². The largest absolute Gasteiger partial charge is 0.294 e. The van der Waals surface area contributed by atoms with Crippen molar-refractivity contribution in [2.24, 2.45) is 0 Å². The number of ketones is 1. The summed E-state index contributed by atoms with van der Waals surface area (Å²) in [6, 6.07) is 7.37. The van der Waals surface area contributed by atoms with E-state index in [1.165, 1.54) is 0 Å². The molecule has 0 saturated carbocycles. The Morgan fingerprint density at radius 2 is 2.36 bits per heavy atom. The summed E-state index contributed by atoms with van der Waals surface area (Å²) in [5.41, 5.74) is 1.28. The van der Waals surface area contributed by atoms with E-state index in [0.717, 1.165) is 4.90 Å². The van der Waals surface area contributed by atoms with Crippen LogP contribution in [0, 0.1) is 11.3 Å². The van der Waals surface area contributed by atoms with E-state index in [1.807, 2.05) is 19.1 Å². The van der Waals surface area contributed by atoms with E-state index < -0.39 is 0 Å². The van der Waals surface area contributed by atoms with E-state index in [1.54, 1.807) is 23.9 Å². The minimum Gasteiger partial charge on any atom is -0.294 e. The summed E-state index contributed by atoms with van der Waals surface area (Å²) < 4.78 is 0. The van der Waals surface area contributed by atoms with Crippen LogP contribution in [-0.4, -0.2) is 11.0 Å². The minimum absolute atomic E-state index is 0.156. The summed E-state index contributed by atoms with van der Waals surface area (Å²) >= 11 is 1.70. The van der Waals surface area contributed by atoms with Crippen molar-refractivity contribution in [1.82, 2.24) is 0 Å². The molecule has 1 aromatic carbocycles. The van der Waals surface area contributed by atoms with Crippen LogP contribution in [0.3, 0.4) is 0 Å². The first-order chi connectivity index (χ1) is 6.70. The Morgan fingerprint density at radius 1 is 1.57 bits per heavy atom. The lowest BCUT2D eigenvalue weighted by Crippen LogP contribution is -2.14. The van der Waals surface area contributed by atoms with Gasteiger partial charge >= 0.3 is 0 Å². The van der Waals surface area contributed by atoms with Gasteiger partial charge in [-0.3, -0.25) is 4.79 Å². The number of benzene rings is 1. The molecule has 1 aliphatic rings. The van der Waals surface area contributed by atoms with Gasteiger partial charge in [0.2, 0.25) is 0 Å². The third kappa shape index (κ3) is 1.53. The Bertz CT molecular complexity index is 433. The van der Waals surface area contributed by atoms with E-state index in [4.69, 9.17) is 5.26 Å². The van der Waals surface area contributed by atoms with Crippen LogP contribution in [0.4, 0.5) is 0 Å². The molecule has 2 nitrogen and oxygen atoms in total. The van der Waals surface area contributed by atoms with E-state index in [9.17, 15) is 4.79 Å². The summed E-state index contributed by atoms with van der Waals surface area (Å²) in [6.45, 7) is 2.05. The molecule has 0 aromatic heterocycles. The Hall–Kier alpha value is -1.27. The molecule has 0 fully saturated rings. The lowest BCUT2D eigenvalue weighted by Gasteiger charge is -2.19. The molecule has 1 unspecified atom stereocenters. The topological polar surface area (TPSA) is 40.9 Å². The maximum absolute atomic E-state index is 11.6. The number of fused-ring (bicyclic) bond motifs is 1. The zero-order valence-corrected chi connectivity index (χ0v) is 8.60. The molecule has 2 rings (SSSR count). The molecule has 3 heteroatoms. The molecular weight excluding hydrogens is 194 g/mol. The van der Waals surface area contributed by atoms with Crippen molar-refractivity contribution < 1.29 is 4.79 Å². The minimum atomic E-state index is 0.156. The third-order valence-electron chi connectivity index (χ3n) is 2.21. The Labute approximate surface area is 86.9 Å². The molecular formula is C11H9NOS. The van der Waals surface area contributed by atoms with Gasteiger partial charge in [0.05, 0.1) is 11.6 Å². The average Bonchev–Trinajstić information content (AvgIpc) is 2.17. The van der Waals surface area contributed by atoms with Gasteiger partial charge in [-0.15, -0.1) is 11.8 Å². The number of rotatable bonds is 0. The number of hydrogen-bond donors (Lipinski definition) is 0. The van der Waals surface area contributed by atoms with Crippen molar-refractivity contribution in [3.63, 3.8) is 0 Å². The van der Waals surface area contributed by atoms with Gasteiger partial charge in [-0.25, -0.2) is 0 Å². The summed E-state index contributed by atoms with van der Waals surface area (Å²) in [6.07, 6.45) is 0.576. The highest BCUT2D eigenvalue weighted by molar-refractivity contribution is 8.00. The second kappa shape index (κ2) is 3.47. The van der Waals surface area contributed by atoms with Gasteiger partial charge in [0.15, 0.2) is 5.78 Å². The van der Waals surface area contributed by atoms with E-state index in [-0.39, 0.29) is 5.78 Å². The van der Waals surface area contributed by atoms with Crippen LogP contribution in [0.25, 0.3) is 0 Å². The van der Waals surface area contributed by atoms with E-state index in [2.05, 4.69) is 0 Å². The fourth-order valence-electron chi connectivity index (χ4n) is 1.55. The van der Waals surface area contributed by atoms with Crippen molar-refractivity contribution in [3.05, 3.63) is 29.3 Å². The van der Waals surface area contributed by atoms with Gasteiger partial charge in [0, 0.05) is 22.1 Å². The fourth-order valence-corrected chi connectivity index (χ4v) is 2.66. The molecule has 14 heavy (non-hydrogen) atoms. The normalized spacial score (nSPS) is 20.0. The van der Waals surface area contributed by atoms with Gasteiger partial charge in [-0.1, -0.05) is 6.92 Å². The number of hydrogen-bond acceptors (Lipinski definition) is 3. The molecule has 0 amide bonds. The highest BCUT2D eigenvalue weighted by atomic mass is 32.2. The lowest BCUT2D eigenvalue weighted by molar-refractivity contribution is 0.0978. The van der Waals surface area contributed by atoms with Gasteiger partial charge in [0.1, 0.15) is 0 Å². The first-order valence-electron chi connectivity index (χ1n) is 4.44. The summed E-state index contributed by atoms with van der Waals surface area (Å²) in [5.74, 6) is 0.156. The average molecular weight is 203 g/mol. The van der Waals surface area contributed by atoms with Crippen LogP contribution in [-0.2, 0) is 0 Å². The zero-order chi connectivity index (χ0) is 10.1. The molecule has 70 valence electrons. The fraction of sp³-hybridized carbons (Fsp3) is 0.273. The van der Waals surface area contributed by atoms with Crippen molar-refractivity contribution in [3.8, 4) is 6.07 Å². The number of carbonyl (C=O) groups excluding carboxylic acids is 1. The van der Waals surface area contributed by atoms with Gasteiger partial charge < -0.3 is 0 Å². The Kier molecular flexibility index (Phi) is 2.30. The summed E-state index contributed by atoms with van der Waals surface area (Å²) in [7, 11) is 0. The zero-order valence-electron chi connectivity index (χ0n) is 7.78. The monoisotopic (exact) mass is 203 g/mol. The quantitative estimate of drug-likeness (QED) is 0.650. The molecule has 0 aliphatic carbocycles. The Balaban J connectivity index is 2.51. The first-order valence-corrected chi connectivity index (χ1v) is 5.32. The smallest absolute Gasteiger partial charge is 0.165 e. The molecule has 0 saturated heterocycles. The number of carbonyl (C=O) groups is 1. The van der Waals surface area contributed by atoms with Gasteiger partial charge in [-0.2, -0.15) is 5.26 Å². The maximum atomic E-state index is 11.6. The van der Waals surface area contributed by atoms with Crippen LogP contribution in [0.15, 0.2) is 23.1 Å². The molecule has 0 bridgehead atoms. The standard InChI is InChI=1S/C11H9NOS/c1-7-4-10(13)9-5-8(6-12)2-3-11(9)14-7/h2-3,5,7H,4H2,1H3. The number of thioether (sulfide) groups is 1. The predicted molar refractivity (Wildman–Crippen MR) is 55.4 cm³/mol. The first kappa shape index (κ1) is 9.29. The number of Topliss-reactive ketones (excluding diaryl/α,β-unsaturated/α-hetero) is 1. The van der Waals surface area contributed by atoms with Crippen molar-refractivity contribution in [2.75, 3.05) is 0 Å².